The van der Waals surface area contributed by atoms with Gasteiger partial charge < -0.3 is 5.32 Å². The molecule has 0 bridgehead atoms. The SMILES string of the molecule is Cc1ccc(Nc2nnc(-c3ccccc3)c3ccccc23)c(C)c1. The lowest BCUT2D eigenvalue weighted by molar-refractivity contribution is 1.06. The van der Waals surface area contributed by atoms with Crippen LogP contribution < -0.4 is 5.32 Å². The van der Waals surface area contributed by atoms with Gasteiger partial charge in [0.15, 0.2) is 5.82 Å². The molecular weight excluding hydrogens is 306 g/mol. The molecule has 0 saturated heterocycles. The third-order valence-corrected chi connectivity index (χ3v) is 4.37. The highest BCUT2D eigenvalue weighted by molar-refractivity contribution is 6.00. The lowest BCUT2D eigenvalue weighted by Gasteiger charge is -2.13. The molecular formula is C22H19N3. The average molecular weight is 325 g/mol. The van der Waals surface area contributed by atoms with Crippen LogP contribution in [0.5, 0.6) is 0 Å². The Hall–Kier alpha value is -3.20. The van der Waals surface area contributed by atoms with Crippen molar-refractivity contribution < 1.29 is 0 Å². The van der Waals surface area contributed by atoms with Crippen molar-refractivity contribution in [3.63, 3.8) is 0 Å². The first-order valence-corrected chi connectivity index (χ1v) is 8.37. The highest BCUT2D eigenvalue weighted by Gasteiger charge is 2.11. The molecule has 1 N–H and O–H groups in total. The van der Waals surface area contributed by atoms with Crippen LogP contribution in [0.4, 0.5) is 11.5 Å². The molecule has 4 aromatic rings. The van der Waals surface area contributed by atoms with Crippen LogP contribution in [0.2, 0.25) is 0 Å². The number of hydrogen-bond acceptors (Lipinski definition) is 3. The predicted octanol–water partition coefficient (Wildman–Crippen LogP) is 5.66. The van der Waals surface area contributed by atoms with E-state index in [1.807, 2.05) is 30.3 Å². The molecule has 1 heterocycles. The number of fused-ring (bicyclic) bond motifs is 1. The van der Waals surface area contributed by atoms with Crippen LogP contribution in [0.3, 0.4) is 0 Å². The van der Waals surface area contributed by atoms with Gasteiger partial charge in [0.1, 0.15) is 5.69 Å². The van der Waals surface area contributed by atoms with Crippen LogP contribution in [0.25, 0.3) is 22.0 Å². The largest absolute Gasteiger partial charge is 0.338 e. The molecule has 122 valence electrons. The fourth-order valence-corrected chi connectivity index (χ4v) is 3.09. The third kappa shape index (κ3) is 2.96. The summed E-state index contributed by atoms with van der Waals surface area (Å²) in [7, 11) is 0. The lowest BCUT2D eigenvalue weighted by atomic mass is 10.0. The Morgan fingerprint density at radius 1 is 0.720 bits per heavy atom. The second-order valence-electron chi connectivity index (χ2n) is 6.25. The van der Waals surface area contributed by atoms with Crippen molar-refractivity contribution >= 4 is 22.3 Å². The van der Waals surface area contributed by atoms with E-state index in [2.05, 4.69) is 71.8 Å². The average Bonchev–Trinajstić information content (AvgIpc) is 2.65. The van der Waals surface area contributed by atoms with Crippen LogP contribution in [0.1, 0.15) is 11.1 Å². The monoisotopic (exact) mass is 325 g/mol. The summed E-state index contributed by atoms with van der Waals surface area (Å²) in [6.45, 7) is 4.20. The molecule has 0 radical (unpaired) electrons. The Kier molecular flexibility index (Phi) is 3.90. The molecule has 0 aliphatic heterocycles. The van der Waals surface area contributed by atoms with Gasteiger partial charge in [0.2, 0.25) is 0 Å². The first-order chi connectivity index (χ1) is 12.2. The Balaban J connectivity index is 1.84. The van der Waals surface area contributed by atoms with Crippen molar-refractivity contribution in [1.29, 1.82) is 0 Å². The van der Waals surface area contributed by atoms with Crippen LogP contribution in [-0.4, -0.2) is 10.2 Å². The summed E-state index contributed by atoms with van der Waals surface area (Å²) in [5.41, 5.74) is 5.47. The van der Waals surface area contributed by atoms with Crippen molar-refractivity contribution in [2.75, 3.05) is 5.32 Å². The van der Waals surface area contributed by atoms with E-state index in [9.17, 15) is 0 Å². The zero-order valence-corrected chi connectivity index (χ0v) is 14.3. The molecule has 25 heavy (non-hydrogen) atoms. The summed E-state index contributed by atoms with van der Waals surface area (Å²) >= 11 is 0. The van der Waals surface area contributed by atoms with Gasteiger partial charge in [0, 0.05) is 22.0 Å². The molecule has 0 aliphatic rings. The Bertz CT molecular complexity index is 1040. The minimum atomic E-state index is 0.780. The highest BCUT2D eigenvalue weighted by atomic mass is 15.2. The van der Waals surface area contributed by atoms with E-state index in [1.54, 1.807) is 0 Å². The van der Waals surface area contributed by atoms with Crippen LogP contribution in [-0.2, 0) is 0 Å². The smallest absolute Gasteiger partial charge is 0.161 e. The summed E-state index contributed by atoms with van der Waals surface area (Å²) in [6.07, 6.45) is 0. The fourth-order valence-electron chi connectivity index (χ4n) is 3.09. The summed E-state index contributed by atoms with van der Waals surface area (Å²) in [4.78, 5) is 0. The summed E-state index contributed by atoms with van der Waals surface area (Å²) < 4.78 is 0. The molecule has 0 fully saturated rings. The zero-order valence-electron chi connectivity index (χ0n) is 14.3. The number of aromatic nitrogens is 2. The standard InChI is InChI=1S/C22H19N3/c1-15-12-13-20(16(2)14-15)23-22-19-11-7-6-10-18(19)21(24-25-22)17-8-4-3-5-9-17/h3-14H,1-2H3,(H,23,25). The van der Waals surface area contributed by atoms with Crippen LogP contribution in [0.15, 0.2) is 72.8 Å². The minimum Gasteiger partial charge on any atom is -0.338 e. The number of aryl methyl sites for hydroxylation is 2. The second kappa shape index (κ2) is 6.36. The van der Waals surface area contributed by atoms with Gasteiger partial charge in [0.25, 0.3) is 0 Å². The summed E-state index contributed by atoms with van der Waals surface area (Å²) in [5.74, 6) is 0.780. The van der Waals surface area contributed by atoms with E-state index < -0.39 is 0 Å². The number of benzene rings is 3. The Labute approximate surface area is 147 Å². The van der Waals surface area contributed by atoms with Crippen LogP contribution >= 0.6 is 0 Å². The number of rotatable bonds is 3. The molecule has 4 rings (SSSR count). The quantitative estimate of drug-likeness (QED) is 0.528. The first kappa shape index (κ1) is 15.3. The number of nitrogens with one attached hydrogen (secondary N) is 1. The number of hydrogen-bond donors (Lipinski definition) is 1. The molecule has 0 spiro atoms. The minimum absolute atomic E-state index is 0.780. The van der Waals surface area contributed by atoms with E-state index in [-0.39, 0.29) is 0 Å². The normalized spacial score (nSPS) is 10.8. The van der Waals surface area contributed by atoms with Crippen molar-refractivity contribution in [3.05, 3.63) is 83.9 Å². The molecule has 0 atom stereocenters. The molecule has 3 heteroatoms. The molecule has 0 saturated carbocycles. The number of nitrogens with zero attached hydrogens (tertiary/aromatic N) is 2. The van der Waals surface area contributed by atoms with Gasteiger partial charge in [-0.25, -0.2) is 0 Å². The van der Waals surface area contributed by atoms with Crippen molar-refractivity contribution in [2.45, 2.75) is 13.8 Å². The van der Waals surface area contributed by atoms with Gasteiger partial charge in [-0.05, 0) is 25.5 Å². The fraction of sp³-hybridized carbons (Fsp3) is 0.0909. The van der Waals surface area contributed by atoms with E-state index in [0.717, 1.165) is 33.5 Å². The van der Waals surface area contributed by atoms with E-state index in [1.165, 1.54) is 11.1 Å². The van der Waals surface area contributed by atoms with Crippen LogP contribution in [0, 0.1) is 13.8 Å². The maximum atomic E-state index is 4.51. The van der Waals surface area contributed by atoms with Crippen molar-refractivity contribution in [3.8, 4) is 11.3 Å². The molecule has 1 aromatic heterocycles. The zero-order chi connectivity index (χ0) is 17.2. The molecule has 0 amide bonds. The van der Waals surface area contributed by atoms with Gasteiger partial charge in [-0.1, -0.05) is 72.3 Å². The topological polar surface area (TPSA) is 37.8 Å². The Morgan fingerprint density at radius 2 is 1.44 bits per heavy atom. The Morgan fingerprint density at radius 3 is 2.20 bits per heavy atom. The van der Waals surface area contributed by atoms with Gasteiger partial charge in [-0.15, -0.1) is 10.2 Å². The van der Waals surface area contributed by atoms with Crippen molar-refractivity contribution in [2.24, 2.45) is 0 Å². The van der Waals surface area contributed by atoms with Gasteiger partial charge >= 0.3 is 0 Å². The predicted molar refractivity (Wildman–Crippen MR) is 104 cm³/mol. The molecule has 0 unspecified atom stereocenters. The third-order valence-electron chi connectivity index (χ3n) is 4.37. The maximum Gasteiger partial charge on any atom is 0.161 e. The number of anilines is 2. The van der Waals surface area contributed by atoms with Crippen molar-refractivity contribution in [1.82, 2.24) is 10.2 Å². The maximum absolute atomic E-state index is 4.51. The summed E-state index contributed by atoms with van der Waals surface area (Å²) in [6, 6.07) is 24.8. The highest BCUT2D eigenvalue weighted by Crippen LogP contribution is 2.31. The molecule has 3 aromatic carbocycles. The van der Waals surface area contributed by atoms with E-state index in [4.69, 9.17) is 0 Å². The first-order valence-electron chi connectivity index (χ1n) is 8.37. The van der Waals surface area contributed by atoms with E-state index >= 15 is 0 Å². The van der Waals surface area contributed by atoms with Gasteiger partial charge in [-0.3, -0.25) is 0 Å². The summed E-state index contributed by atoms with van der Waals surface area (Å²) in [5, 5.41) is 14.6. The second-order valence-corrected chi connectivity index (χ2v) is 6.25. The lowest BCUT2D eigenvalue weighted by Crippen LogP contribution is -2.00. The van der Waals surface area contributed by atoms with E-state index in [0.29, 0.717) is 0 Å². The van der Waals surface area contributed by atoms with Gasteiger partial charge in [-0.2, -0.15) is 0 Å². The molecule has 0 aliphatic carbocycles. The van der Waals surface area contributed by atoms with Gasteiger partial charge in [0.05, 0.1) is 0 Å². The molecule has 3 nitrogen and oxygen atoms in total.